The normalized spacial score (nSPS) is 10.4. The van der Waals surface area contributed by atoms with E-state index in [1.807, 2.05) is 0 Å². The summed E-state index contributed by atoms with van der Waals surface area (Å²) in [6.45, 7) is 3.92. The standard InChI is InChI=1S/C21H22ClN3O4/c1-3-12-29-21-15(6-4-9-18(21)28-2)14-23-25-20(27)11-10-19(26)24-17-8-5-7-16(22)13-17/h3-9,13-14H,1,10-12H2,2H3,(H,24,26)(H,25,27). The molecule has 152 valence electrons. The zero-order chi connectivity index (χ0) is 21.1. The van der Waals surface area contributed by atoms with Crippen molar-refractivity contribution < 1.29 is 19.1 Å². The van der Waals surface area contributed by atoms with Gasteiger partial charge in [0.05, 0.1) is 13.3 Å². The van der Waals surface area contributed by atoms with Gasteiger partial charge in [-0.15, -0.1) is 0 Å². The number of nitrogens with one attached hydrogen (secondary N) is 2. The van der Waals surface area contributed by atoms with Crippen LogP contribution in [-0.2, 0) is 9.59 Å². The Labute approximate surface area is 174 Å². The summed E-state index contributed by atoms with van der Waals surface area (Å²) >= 11 is 5.87. The number of para-hydroxylation sites is 1. The number of ether oxygens (including phenoxy) is 2. The van der Waals surface area contributed by atoms with Gasteiger partial charge in [-0.05, 0) is 30.3 Å². The van der Waals surface area contributed by atoms with Gasteiger partial charge in [-0.1, -0.05) is 36.4 Å². The molecule has 2 rings (SSSR count). The molecule has 0 spiro atoms. The van der Waals surface area contributed by atoms with Crippen molar-refractivity contribution in [2.24, 2.45) is 5.10 Å². The molecule has 0 saturated carbocycles. The lowest BCUT2D eigenvalue weighted by Gasteiger charge is -2.11. The molecule has 0 atom stereocenters. The number of benzene rings is 2. The molecule has 2 amide bonds. The second-order valence-electron chi connectivity index (χ2n) is 5.83. The maximum absolute atomic E-state index is 11.9. The van der Waals surface area contributed by atoms with E-state index in [2.05, 4.69) is 22.4 Å². The minimum atomic E-state index is -0.390. The van der Waals surface area contributed by atoms with Crippen molar-refractivity contribution in [3.05, 3.63) is 65.7 Å². The van der Waals surface area contributed by atoms with E-state index in [1.54, 1.807) is 48.5 Å². The van der Waals surface area contributed by atoms with Crippen molar-refractivity contribution in [1.29, 1.82) is 0 Å². The molecule has 0 unspecified atom stereocenters. The number of rotatable bonds is 10. The first-order valence-electron chi connectivity index (χ1n) is 8.81. The Morgan fingerprint density at radius 1 is 1.17 bits per heavy atom. The Kier molecular flexibility index (Phi) is 8.72. The average molecular weight is 416 g/mol. The number of anilines is 1. The molecule has 2 aromatic carbocycles. The zero-order valence-corrected chi connectivity index (χ0v) is 16.7. The molecule has 0 fully saturated rings. The number of hydrogen-bond donors (Lipinski definition) is 2. The van der Waals surface area contributed by atoms with Crippen LogP contribution in [0.3, 0.4) is 0 Å². The molecule has 7 nitrogen and oxygen atoms in total. The summed E-state index contributed by atoms with van der Waals surface area (Å²) in [6, 6.07) is 12.1. The Morgan fingerprint density at radius 3 is 2.66 bits per heavy atom. The van der Waals surface area contributed by atoms with Crippen LogP contribution in [0.15, 0.2) is 60.2 Å². The SMILES string of the molecule is C=CCOc1c(C=NNC(=O)CCC(=O)Nc2cccc(Cl)c2)cccc1OC. The lowest BCUT2D eigenvalue weighted by molar-refractivity contribution is -0.124. The molecule has 0 aliphatic rings. The Hall–Kier alpha value is -3.32. The summed E-state index contributed by atoms with van der Waals surface area (Å²) in [5.41, 5.74) is 3.60. The number of methoxy groups -OCH3 is 1. The van der Waals surface area contributed by atoms with E-state index >= 15 is 0 Å². The van der Waals surface area contributed by atoms with Gasteiger partial charge in [-0.25, -0.2) is 5.43 Å². The van der Waals surface area contributed by atoms with Crippen molar-refractivity contribution in [2.75, 3.05) is 19.0 Å². The van der Waals surface area contributed by atoms with Crippen LogP contribution in [0.4, 0.5) is 5.69 Å². The third-order valence-corrected chi connectivity index (χ3v) is 3.89. The molecule has 0 aliphatic carbocycles. The quantitative estimate of drug-likeness (QED) is 0.351. The van der Waals surface area contributed by atoms with Crippen molar-refractivity contribution in [3.8, 4) is 11.5 Å². The van der Waals surface area contributed by atoms with E-state index in [9.17, 15) is 9.59 Å². The molecule has 2 aromatic rings. The largest absolute Gasteiger partial charge is 0.493 e. The summed E-state index contributed by atoms with van der Waals surface area (Å²) in [7, 11) is 1.53. The smallest absolute Gasteiger partial charge is 0.240 e. The molecular weight excluding hydrogens is 394 g/mol. The van der Waals surface area contributed by atoms with Crippen molar-refractivity contribution in [2.45, 2.75) is 12.8 Å². The van der Waals surface area contributed by atoms with E-state index in [-0.39, 0.29) is 24.7 Å². The predicted octanol–water partition coefficient (Wildman–Crippen LogP) is 3.78. The van der Waals surface area contributed by atoms with E-state index < -0.39 is 0 Å². The van der Waals surface area contributed by atoms with Crippen LogP contribution in [0.25, 0.3) is 0 Å². The van der Waals surface area contributed by atoms with Crippen LogP contribution in [0.1, 0.15) is 18.4 Å². The molecular formula is C21H22ClN3O4. The van der Waals surface area contributed by atoms with Gasteiger partial charge in [0.15, 0.2) is 11.5 Å². The molecule has 8 heteroatoms. The van der Waals surface area contributed by atoms with Crippen LogP contribution in [0.2, 0.25) is 5.02 Å². The van der Waals surface area contributed by atoms with E-state index in [1.165, 1.54) is 13.3 Å². The third kappa shape index (κ3) is 7.31. The maximum Gasteiger partial charge on any atom is 0.240 e. The van der Waals surface area contributed by atoms with Crippen molar-refractivity contribution in [3.63, 3.8) is 0 Å². The number of carbonyl (C=O) groups is 2. The monoisotopic (exact) mass is 415 g/mol. The van der Waals surface area contributed by atoms with Gasteiger partial charge in [0.1, 0.15) is 6.61 Å². The first-order valence-corrected chi connectivity index (χ1v) is 9.19. The summed E-state index contributed by atoms with van der Waals surface area (Å²) in [4.78, 5) is 23.9. The Bertz CT molecular complexity index is 899. The van der Waals surface area contributed by atoms with Crippen LogP contribution in [0, 0.1) is 0 Å². The first kappa shape index (κ1) is 22.0. The number of halogens is 1. The molecule has 0 aliphatic heterocycles. The van der Waals surface area contributed by atoms with E-state index in [0.717, 1.165) is 0 Å². The fraction of sp³-hybridized carbons (Fsp3) is 0.190. The summed E-state index contributed by atoms with van der Waals surface area (Å²) in [5, 5.41) is 7.12. The lowest BCUT2D eigenvalue weighted by Crippen LogP contribution is -2.20. The van der Waals surface area contributed by atoms with Gasteiger partial charge in [-0.2, -0.15) is 5.10 Å². The van der Waals surface area contributed by atoms with Crippen molar-refractivity contribution >= 4 is 35.3 Å². The molecule has 0 saturated heterocycles. The van der Waals surface area contributed by atoms with Crippen LogP contribution >= 0.6 is 11.6 Å². The average Bonchev–Trinajstić information content (AvgIpc) is 2.71. The zero-order valence-electron chi connectivity index (χ0n) is 16.0. The molecule has 0 radical (unpaired) electrons. The van der Waals surface area contributed by atoms with Gasteiger partial charge in [0.25, 0.3) is 0 Å². The molecule has 29 heavy (non-hydrogen) atoms. The van der Waals surface area contributed by atoms with Gasteiger partial charge in [0.2, 0.25) is 11.8 Å². The van der Waals surface area contributed by atoms with Gasteiger partial charge < -0.3 is 14.8 Å². The highest BCUT2D eigenvalue weighted by atomic mass is 35.5. The predicted molar refractivity (Wildman–Crippen MR) is 114 cm³/mol. The highest BCUT2D eigenvalue weighted by molar-refractivity contribution is 6.30. The molecule has 0 bridgehead atoms. The molecule has 0 aromatic heterocycles. The van der Waals surface area contributed by atoms with Crippen molar-refractivity contribution in [1.82, 2.24) is 5.43 Å². The highest BCUT2D eigenvalue weighted by Crippen LogP contribution is 2.30. The fourth-order valence-corrected chi connectivity index (χ4v) is 2.53. The van der Waals surface area contributed by atoms with E-state index in [0.29, 0.717) is 34.4 Å². The van der Waals surface area contributed by atoms with Crippen LogP contribution in [-0.4, -0.2) is 31.7 Å². The highest BCUT2D eigenvalue weighted by Gasteiger charge is 2.10. The number of nitrogens with zero attached hydrogens (tertiary/aromatic N) is 1. The topological polar surface area (TPSA) is 89.0 Å². The summed E-state index contributed by atoms with van der Waals surface area (Å²) < 4.78 is 10.9. The number of hydrazone groups is 1. The minimum absolute atomic E-state index is 0.0122. The second-order valence-corrected chi connectivity index (χ2v) is 6.27. The van der Waals surface area contributed by atoms with E-state index in [4.69, 9.17) is 21.1 Å². The molecule has 0 heterocycles. The lowest BCUT2D eigenvalue weighted by atomic mass is 10.2. The van der Waals surface area contributed by atoms with Crippen LogP contribution < -0.4 is 20.2 Å². The first-order chi connectivity index (χ1) is 14.0. The van der Waals surface area contributed by atoms with Gasteiger partial charge >= 0.3 is 0 Å². The number of hydrogen-bond acceptors (Lipinski definition) is 5. The molecule has 2 N–H and O–H groups in total. The maximum atomic E-state index is 11.9. The summed E-state index contributed by atoms with van der Waals surface area (Å²) in [6.07, 6.45) is 3.07. The second kappa shape index (κ2) is 11.5. The minimum Gasteiger partial charge on any atom is -0.493 e. The van der Waals surface area contributed by atoms with Crippen LogP contribution in [0.5, 0.6) is 11.5 Å². The third-order valence-electron chi connectivity index (χ3n) is 3.66. The summed E-state index contributed by atoms with van der Waals surface area (Å²) in [5.74, 6) is 0.354. The number of amides is 2. The fourth-order valence-electron chi connectivity index (χ4n) is 2.34. The Balaban J connectivity index is 1.86. The van der Waals surface area contributed by atoms with Gasteiger partial charge in [-0.3, -0.25) is 9.59 Å². The Morgan fingerprint density at radius 2 is 1.93 bits per heavy atom. The number of carbonyl (C=O) groups excluding carboxylic acids is 2. The van der Waals surface area contributed by atoms with Gasteiger partial charge in [0, 0.05) is 29.1 Å².